The summed E-state index contributed by atoms with van der Waals surface area (Å²) in [6.45, 7) is 18.1. The zero-order valence-corrected chi connectivity index (χ0v) is 37.2. The number of anilines is 2. The molecule has 5 heterocycles. The van der Waals surface area contributed by atoms with Crippen molar-refractivity contribution in [1.82, 2.24) is 19.8 Å². The van der Waals surface area contributed by atoms with Crippen molar-refractivity contribution in [3.8, 4) is 0 Å². The molecule has 0 aliphatic carbocycles. The lowest BCUT2D eigenvalue weighted by molar-refractivity contribution is -0.142. The first-order valence-electron chi connectivity index (χ1n) is 17.6. The van der Waals surface area contributed by atoms with Gasteiger partial charge in [-0.3, -0.25) is 19.4 Å². The van der Waals surface area contributed by atoms with Crippen LogP contribution in [0.15, 0.2) is 57.9 Å². The predicted octanol–water partition coefficient (Wildman–Crippen LogP) is 8.38. The number of carbonyl (C=O) groups is 5. The van der Waals surface area contributed by atoms with E-state index in [0.717, 1.165) is 47.1 Å². The number of rotatable bonds is 5. The van der Waals surface area contributed by atoms with Gasteiger partial charge in [-0.2, -0.15) is 0 Å². The smallest absolute Gasteiger partial charge is 0.411 e. The Bertz CT molecular complexity index is 1550. The number of carbonyl (C=O) groups excluding carboxylic acids is 4. The average molecular weight is 956 g/mol. The molecule has 0 saturated carbocycles. The summed E-state index contributed by atoms with van der Waals surface area (Å²) in [6, 6.07) is 6.57. The second-order valence-corrected chi connectivity index (χ2v) is 16.8. The number of nitrogens with two attached hydrogens (primary N) is 1. The molecule has 5 rings (SSSR count). The molecule has 0 spiro atoms. The molecule has 19 heteroatoms. The molecule has 3 aliphatic heterocycles. The number of carboxylic acids is 1. The molecule has 56 heavy (non-hydrogen) atoms. The minimum Gasteiger partial charge on any atom is -0.480 e. The molecule has 2 aromatic rings. The number of likely N-dealkylation sites (tertiary alicyclic amines) is 2. The van der Waals surface area contributed by atoms with Crippen molar-refractivity contribution in [2.75, 3.05) is 37.4 Å². The second-order valence-electron chi connectivity index (χ2n) is 14.3. The van der Waals surface area contributed by atoms with Crippen LogP contribution < -0.4 is 11.1 Å². The van der Waals surface area contributed by atoms with E-state index in [2.05, 4.69) is 76.9 Å². The van der Waals surface area contributed by atoms with E-state index in [1.165, 1.54) is 17.7 Å². The standard InChI is InChI=1S/C16H22BrN3O2.C10H17NO4.C5H5BrN2.C4H8O.C2Cl2O2/c1-11(19-14-8-7-12(17)10-18-14)13-6-5-9-20(13)15(21)22-16(2,3)4;1-10(2,3)15-9(14)11-6-4-5-7(11)8(12)13;6-4-1-2-5(7)8-3-4;1-2-4-5-3-1;3-1(5)2(4)6/h7-8,10,13H,1,5-6,9H2,2-4H3,(H,18,19);7H,4-6H2,1-3H3,(H,12,13);1-3H,(H2,7,8);1-4H2;/t13-;7-;;;/m00.../s1. The number of halogens is 4. The molecular weight excluding hydrogens is 903 g/mol. The van der Waals surface area contributed by atoms with Crippen molar-refractivity contribution in [1.29, 1.82) is 0 Å². The van der Waals surface area contributed by atoms with E-state index < -0.39 is 39.8 Å². The molecule has 3 fully saturated rings. The van der Waals surface area contributed by atoms with E-state index in [0.29, 0.717) is 31.1 Å². The first-order chi connectivity index (χ1) is 26.0. The second kappa shape index (κ2) is 25.0. The minimum absolute atomic E-state index is 0.0692. The van der Waals surface area contributed by atoms with Crippen LogP contribution in [0.2, 0.25) is 0 Å². The highest BCUT2D eigenvalue weighted by atomic mass is 79.9. The Balaban J connectivity index is 0.000000394. The monoisotopic (exact) mass is 952 g/mol. The Kier molecular flexibility index (Phi) is 22.5. The first kappa shape index (κ1) is 50.5. The van der Waals surface area contributed by atoms with Gasteiger partial charge in [0.05, 0.1) is 6.04 Å². The summed E-state index contributed by atoms with van der Waals surface area (Å²) in [6.07, 6.45) is 8.16. The third-order valence-electron chi connectivity index (χ3n) is 7.20. The summed E-state index contributed by atoms with van der Waals surface area (Å²) in [5.74, 6) is 0.302. The minimum atomic E-state index is -1.14. The van der Waals surface area contributed by atoms with E-state index >= 15 is 0 Å². The van der Waals surface area contributed by atoms with Gasteiger partial charge < -0.3 is 30.4 Å². The van der Waals surface area contributed by atoms with Crippen molar-refractivity contribution in [2.24, 2.45) is 0 Å². The van der Waals surface area contributed by atoms with Gasteiger partial charge in [0.25, 0.3) is 0 Å². The maximum Gasteiger partial charge on any atom is 0.411 e. The van der Waals surface area contributed by atoms with Gasteiger partial charge in [0.2, 0.25) is 0 Å². The number of nitrogen functional groups attached to an aromatic ring is 1. The molecule has 0 radical (unpaired) electrons. The molecule has 3 saturated heterocycles. The average Bonchev–Trinajstić information content (AvgIpc) is 3.90. The third-order valence-corrected chi connectivity index (χ3v) is 8.58. The van der Waals surface area contributed by atoms with Crippen LogP contribution in [-0.2, 0) is 28.6 Å². The maximum atomic E-state index is 12.3. The molecule has 0 aromatic carbocycles. The molecule has 0 bridgehead atoms. The van der Waals surface area contributed by atoms with Gasteiger partial charge >= 0.3 is 28.6 Å². The Morgan fingerprint density at radius 2 is 1.25 bits per heavy atom. The molecule has 312 valence electrons. The van der Waals surface area contributed by atoms with Gasteiger partial charge in [0.15, 0.2) is 0 Å². The lowest BCUT2D eigenvalue weighted by Crippen LogP contribution is -2.43. The highest BCUT2D eigenvalue weighted by molar-refractivity contribution is 9.10. The largest absolute Gasteiger partial charge is 0.480 e. The van der Waals surface area contributed by atoms with Crippen LogP contribution in [0.1, 0.15) is 80.1 Å². The quantitative estimate of drug-likeness (QED) is 0.191. The molecule has 3 aliphatic rings. The number of hydrogen-bond acceptors (Lipinski definition) is 12. The Hall–Kier alpha value is -3.51. The molecular formula is C37H52Br2Cl2N6O9. The van der Waals surface area contributed by atoms with Crippen molar-refractivity contribution in [2.45, 2.75) is 103 Å². The van der Waals surface area contributed by atoms with Gasteiger partial charge in [0, 0.05) is 53.3 Å². The van der Waals surface area contributed by atoms with Crippen LogP contribution in [0.25, 0.3) is 0 Å². The Morgan fingerprint density at radius 1 is 0.804 bits per heavy atom. The normalized spacial score (nSPS) is 17.2. The van der Waals surface area contributed by atoms with Crippen molar-refractivity contribution in [3.63, 3.8) is 0 Å². The van der Waals surface area contributed by atoms with Crippen LogP contribution in [0.3, 0.4) is 0 Å². The van der Waals surface area contributed by atoms with Gasteiger partial charge in [-0.25, -0.2) is 24.4 Å². The van der Waals surface area contributed by atoms with E-state index in [4.69, 9.17) is 25.1 Å². The lowest BCUT2D eigenvalue weighted by atomic mass is 10.1. The highest BCUT2D eigenvalue weighted by Gasteiger charge is 2.36. The number of aromatic nitrogens is 2. The first-order valence-corrected chi connectivity index (χ1v) is 20.0. The molecule has 2 aromatic heterocycles. The summed E-state index contributed by atoms with van der Waals surface area (Å²) >= 11 is 15.6. The van der Waals surface area contributed by atoms with Crippen LogP contribution in [0.5, 0.6) is 0 Å². The van der Waals surface area contributed by atoms with Gasteiger partial charge in [0.1, 0.15) is 28.9 Å². The van der Waals surface area contributed by atoms with E-state index in [1.807, 2.05) is 39.0 Å². The zero-order chi connectivity index (χ0) is 42.6. The summed E-state index contributed by atoms with van der Waals surface area (Å²) in [4.78, 5) is 64.7. The fraction of sp³-hybridized carbons (Fsp3) is 0.541. The van der Waals surface area contributed by atoms with E-state index in [1.54, 1.807) is 44.1 Å². The summed E-state index contributed by atoms with van der Waals surface area (Å²) in [7, 11) is 0. The van der Waals surface area contributed by atoms with Crippen LogP contribution in [-0.4, -0.2) is 103 Å². The number of hydrogen-bond donors (Lipinski definition) is 3. The molecule has 2 atom stereocenters. The summed E-state index contributed by atoms with van der Waals surface area (Å²) in [5.41, 5.74) is 4.98. The third kappa shape index (κ3) is 21.7. The molecule has 4 N–H and O–H groups in total. The number of nitrogens with zero attached hydrogens (tertiary/aromatic N) is 4. The highest BCUT2D eigenvalue weighted by Crippen LogP contribution is 2.26. The molecule has 0 unspecified atom stereocenters. The maximum absolute atomic E-state index is 12.3. The van der Waals surface area contributed by atoms with E-state index in [-0.39, 0.29) is 12.1 Å². The molecule has 2 amide bonds. The van der Waals surface area contributed by atoms with Crippen molar-refractivity contribution in [3.05, 3.63) is 57.9 Å². The van der Waals surface area contributed by atoms with Crippen molar-refractivity contribution >= 4 is 95.3 Å². The van der Waals surface area contributed by atoms with Gasteiger partial charge in [-0.05, 0) is 159 Å². The SMILES string of the molecule is C1CCOC1.C=C(Nc1ccc(Br)cn1)[C@@H]1CCCN1C(=O)OC(C)(C)C.CC(C)(C)OC(=O)N1CCC[C@H]1C(=O)O.Nc1ccc(Br)cn1.O=C(Cl)C(=O)Cl. The number of ether oxygens (including phenoxy) is 3. The number of amides is 2. The Morgan fingerprint density at radius 3 is 1.59 bits per heavy atom. The fourth-order valence-corrected chi connectivity index (χ4v) is 5.29. The van der Waals surface area contributed by atoms with Gasteiger partial charge in [-0.15, -0.1) is 0 Å². The molecule has 15 nitrogen and oxygen atoms in total. The topological polar surface area (TPSA) is 204 Å². The number of pyridine rings is 2. The predicted molar refractivity (Wildman–Crippen MR) is 222 cm³/mol. The van der Waals surface area contributed by atoms with Crippen LogP contribution >= 0.6 is 55.1 Å². The number of aliphatic carboxylic acids is 1. The fourth-order valence-electron chi connectivity index (χ4n) is 4.83. The van der Waals surface area contributed by atoms with Crippen LogP contribution in [0, 0.1) is 0 Å². The zero-order valence-electron chi connectivity index (χ0n) is 32.5. The summed E-state index contributed by atoms with van der Waals surface area (Å²) in [5, 5.41) is 9.78. The Labute approximate surface area is 355 Å². The van der Waals surface area contributed by atoms with Crippen LogP contribution in [0.4, 0.5) is 21.2 Å². The number of nitrogens with one attached hydrogen (secondary N) is 1. The summed E-state index contributed by atoms with van der Waals surface area (Å²) < 4.78 is 17.4. The van der Waals surface area contributed by atoms with Crippen molar-refractivity contribution < 1.29 is 43.3 Å². The van der Waals surface area contributed by atoms with Gasteiger partial charge in [-0.1, -0.05) is 6.58 Å². The lowest BCUT2D eigenvalue weighted by Gasteiger charge is -2.29. The number of carboxylic acid groups (broad SMARTS) is 1. The van der Waals surface area contributed by atoms with E-state index in [9.17, 15) is 24.0 Å².